The summed E-state index contributed by atoms with van der Waals surface area (Å²) in [7, 11) is 1.96. The molecule has 0 saturated heterocycles. The molecule has 0 aliphatic heterocycles. The first kappa shape index (κ1) is 12.4. The van der Waals surface area contributed by atoms with Crippen LogP contribution >= 0.6 is 0 Å². The summed E-state index contributed by atoms with van der Waals surface area (Å²) >= 11 is 0. The van der Waals surface area contributed by atoms with E-state index in [9.17, 15) is 0 Å². The number of nitrogens with zero attached hydrogens (tertiary/aromatic N) is 3. The summed E-state index contributed by atoms with van der Waals surface area (Å²) in [4.78, 5) is 4.67. The van der Waals surface area contributed by atoms with Crippen LogP contribution in [0, 0.1) is 0 Å². The molecule has 0 spiro atoms. The molecule has 0 bridgehead atoms. The van der Waals surface area contributed by atoms with Crippen molar-refractivity contribution in [3.05, 3.63) is 17.7 Å². The monoisotopic (exact) mass is 234 g/mol. The molecule has 1 atom stereocenters. The maximum Gasteiger partial charge on any atom is 0.152 e. The Hall–Kier alpha value is -1.03. The van der Waals surface area contributed by atoms with E-state index in [1.165, 1.54) is 32.1 Å². The zero-order chi connectivity index (χ0) is 12.1. The van der Waals surface area contributed by atoms with Gasteiger partial charge < -0.3 is 5.32 Å². The van der Waals surface area contributed by atoms with Crippen molar-refractivity contribution in [1.82, 2.24) is 20.5 Å². The Morgan fingerprint density at radius 3 is 2.82 bits per heavy atom. The molecule has 2 rings (SSSR count). The molecule has 1 fully saturated rings. The van der Waals surface area contributed by atoms with E-state index >= 15 is 0 Å². The molecule has 1 saturated carbocycles. The van der Waals surface area contributed by atoms with Crippen LogP contribution in [0.3, 0.4) is 0 Å². The predicted molar refractivity (Wildman–Crippen MR) is 67.9 cm³/mol. The van der Waals surface area contributed by atoms with Gasteiger partial charge in [0.1, 0.15) is 0 Å². The summed E-state index contributed by atoms with van der Waals surface area (Å²) in [5, 5.41) is 11.4. The molecule has 17 heavy (non-hydrogen) atoms. The third-order valence-corrected chi connectivity index (χ3v) is 3.63. The van der Waals surface area contributed by atoms with Crippen molar-refractivity contribution in [2.45, 2.75) is 57.4 Å². The minimum absolute atomic E-state index is 0.401. The van der Waals surface area contributed by atoms with Crippen LogP contribution in [-0.2, 0) is 6.42 Å². The molecule has 4 nitrogen and oxygen atoms in total. The minimum atomic E-state index is 0.401. The molecule has 0 radical (unpaired) electrons. The first-order chi connectivity index (χ1) is 8.29. The Morgan fingerprint density at radius 1 is 1.35 bits per heavy atom. The molecule has 1 heterocycles. The fourth-order valence-electron chi connectivity index (χ4n) is 2.41. The molecule has 0 aromatic carbocycles. The SMILES string of the molecule is CNC(C)Cc1nncc(C2CCCCC2)n1. The number of aromatic nitrogens is 3. The van der Waals surface area contributed by atoms with E-state index in [0.29, 0.717) is 12.0 Å². The summed E-state index contributed by atoms with van der Waals surface area (Å²) < 4.78 is 0. The Morgan fingerprint density at radius 2 is 2.12 bits per heavy atom. The maximum absolute atomic E-state index is 4.67. The molecule has 1 N–H and O–H groups in total. The van der Waals surface area contributed by atoms with Crippen LogP contribution < -0.4 is 5.32 Å². The van der Waals surface area contributed by atoms with Gasteiger partial charge in [0.25, 0.3) is 0 Å². The van der Waals surface area contributed by atoms with Crippen LogP contribution in [-0.4, -0.2) is 28.3 Å². The van der Waals surface area contributed by atoms with E-state index in [2.05, 4.69) is 27.4 Å². The quantitative estimate of drug-likeness (QED) is 0.866. The Bertz CT molecular complexity index is 347. The van der Waals surface area contributed by atoms with Gasteiger partial charge in [0, 0.05) is 18.4 Å². The van der Waals surface area contributed by atoms with E-state index < -0.39 is 0 Å². The van der Waals surface area contributed by atoms with Crippen molar-refractivity contribution in [3.8, 4) is 0 Å². The van der Waals surface area contributed by atoms with Gasteiger partial charge in [-0.3, -0.25) is 0 Å². The molecule has 1 aliphatic rings. The second-order valence-corrected chi connectivity index (χ2v) is 5.03. The average Bonchev–Trinajstić information content (AvgIpc) is 2.40. The lowest BCUT2D eigenvalue weighted by atomic mass is 9.87. The zero-order valence-corrected chi connectivity index (χ0v) is 10.8. The lowest BCUT2D eigenvalue weighted by Gasteiger charge is -2.20. The van der Waals surface area contributed by atoms with Gasteiger partial charge in [0.2, 0.25) is 0 Å². The van der Waals surface area contributed by atoms with Crippen molar-refractivity contribution in [2.24, 2.45) is 0 Å². The van der Waals surface area contributed by atoms with Gasteiger partial charge >= 0.3 is 0 Å². The standard InChI is InChI=1S/C13H22N4/c1-10(14-2)8-13-16-12(9-15-17-13)11-6-4-3-5-7-11/h9-11,14H,3-8H2,1-2H3. The molecule has 1 aromatic rings. The van der Waals surface area contributed by atoms with E-state index in [1.54, 1.807) is 0 Å². The maximum atomic E-state index is 4.67. The second-order valence-electron chi connectivity index (χ2n) is 5.03. The number of hydrogen-bond donors (Lipinski definition) is 1. The number of rotatable bonds is 4. The van der Waals surface area contributed by atoms with Crippen LogP contribution in [0.5, 0.6) is 0 Å². The number of hydrogen-bond acceptors (Lipinski definition) is 4. The molecule has 94 valence electrons. The Kier molecular flexibility index (Phi) is 4.42. The fourth-order valence-corrected chi connectivity index (χ4v) is 2.41. The molecular weight excluding hydrogens is 212 g/mol. The summed E-state index contributed by atoms with van der Waals surface area (Å²) in [5.41, 5.74) is 1.15. The predicted octanol–water partition coefficient (Wildman–Crippen LogP) is 2.07. The van der Waals surface area contributed by atoms with Gasteiger partial charge in [-0.05, 0) is 26.8 Å². The van der Waals surface area contributed by atoms with Crippen molar-refractivity contribution in [2.75, 3.05) is 7.05 Å². The molecule has 1 aromatic heterocycles. The van der Waals surface area contributed by atoms with Crippen LogP contribution in [0.4, 0.5) is 0 Å². The summed E-state index contributed by atoms with van der Waals surface area (Å²) in [5.74, 6) is 1.48. The van der Waals surface area contributed by atoms with Gasteiger partial charge in [0.05, 0.1) is 11.9 Å². The van der Waals surface area contributed by atoms with E-state index in [1.807, 2.05) is 13.2 Å². The molecular formula is C13H22N4. The first-order valence-electron chi connectivity index (χ1n) is 6.65. The highest BCUT2D eigenvalue weighted by Gasteiger charge is 2.18. The largest absolute Gasteiger partial charge is 0.317 e. The van der Waals surface area contributed by atoms with Crippen molar-refractivity contribution in [1.29, 1.82) is 0 Å². The molecule has 1 unspecified atom stereocenters. The summed E-state index contributed by atoms with van der Waals surface area (Å²) in [6.07, 6.45) is 9.26. The second kappa shape index (κ2) is 6.05. The fraction of sp³-hybridized carbons (Fsp3) is 0.769. The van der Waals surface area contributed by atoms with Gasteiger partial charge in [-0.15, -0.1) is 5.10 Å². The lowest BCUT2D eigenvalue weighted by Crippen LogP contribution is -2.25. The van der Waals surface area contributed by atoms with Gasteiger partial charge in [-0.25, -0.2) is 4.98 Å². The lowest BCUT2D eigenvalue weighted by molar-refractivity contribution is 0.432. The third kappa shape index (κ3) is 3.46. The summed E-state index contributed by atoms with van der Waals surface area (Å²) in [6.45, 7) is 2.14. The van der Waals surface area contributed by atoms with Crippen LogP contribution in [0.2, 0.25) is 0 Å². The highest BCUT2D eigenvalue weighted by Crippen LogP contribution is 2.30. The molecule has 0 amide bonds. The van der Waals surface area contributed by atoms with E-state index in [-0.39, 0.29) is 0 Å². The first-order valence-corrected chi connectivity index (χ1v) is 6.65. The topological polar surface area (TPSA) is 50.7 Å². The average molecular weight is 234 g/mol. The molecule has 4 heteroatoms. The van der Waals surface area contributed by atoms with Gasteiger partial charge in [0.15, 0.2) is 5.82 Å². The third-order valence-electron chi connectivity index (χ3n) is 3.63. The van der Waals surface area contributed by atoms with E-state index in [0.717, 1.165) is 17.9 Å². The van der Waals surface area contributed by atoms with Crippen LogP contribution in [0.25, 0.3) is 0 Å². The van der Waals surface area contributed by atoms with Gasteiger partial charge in [-0.2, -0.15) is 5.10 Å². The van der Waals surface area contributed by atoms with Crippen LogP contribution in [0.1, 0.15) is 56.5 Å². The van der Waals surface area contributed by atoms with E-state index in [4.69, 9.17) is 0 Å². The summed E-state index contributed by atoms with van der Waals surface area (Å²) in [6, 6.07) is 0.401. The number of likely N-dealkylation sites (N-methyl/N-ethyl adjacent to an activating group) is 1. The van der Waals surface area contributed by atoms with Crippen molar-refractivity contribution < 1.29 is 0 Å². The Labute approximate surface area is 103 Å². The van der Waals surface area contributed by atoms with Gasteiger partial charge in [-0.1, -0.05) is 19.3 Å². The normalized spacial score (nSPS) is 19.2. The number of nitrogens with one attached hydrogen (secondary N) is 1. The highest BCUT2D eigenvalue weighted by atomic mass is 15.1. The van der Waals surface area contributed by atoms with Crippen molar-refractivity contribution in [3.63, 3.8) is 0 Å². The molecule has 1 aliphatic carbocycles. The highest BCUT2D eigenvalue weighted by molar-refractivity contribution is 5.05. The Balaban J connectivity index is 2.05. The smallest absolute Gasteiger partial charge is 0.152 e. The van der Waals surface area contributed by atoms with Crippen LogP contribution in [0.15, 0.2) is 6.20 Å². The minimum Gasteiger partial charge on any atom is -0.317 e. The zero-order valence-electron chi connectivity index (χ0n) is 10.8. The van der Waals surface area contributed by atoms with Crippen molar-refractivity contribution >= 4 is 0 Å².